The highest BCUT2D eigenvalue weighted by Crippen LogP contribution is 2.39. The molecule has 9 heteroatoms. The van der Waals surface area contributed by atoms with Crippen LogP contribution in [0.3, 0.4) is 0 Å². The molecular formula is C25H28F3N3O3. The first-order valence-corrected chi connectivity index (χ1v) is 11.3. The van der Waals surface area contributed by atoms with Gasteiger partial charge in [-0.05, 0) is 49.9 Å². The van der Waals surface area contributed by atoms with Crippen LogP contribution in [-0.4, -0.2) is 66.2 Å². The van der Waals surface area contributed by atoms with Crippen LogP contribution in [0.15, 0.2) is 36.4 Å². The van der Waals surface area contributed by atoms with Crippen LogP contribution in [0.4, 0.5) is 18.0 Å². The first kappa shape index (κ1) is 24.1. The third-order valence-electron chi connectivity index (χ3n) is 6.78. The third-order valence-corrected chi connectivity index (χ3v) is 6.78. The fraction of sp³-hybridized carbons (Fsp3) is 0.440. The van der Waals surface area contributed by atoms with Crippen molar-refractivity contribution in [3.8, 4) is 11.1 Å². The highest BCUT2D eigenvalue weighted by molar-refractivity contribution is 5.80. The number of benzene rings is 2. The number of amides is 3. The monoisotopic (exact) mass is 475 g/mol. The van der Waals surface area contributed by atoms with Crippen molar-refractivity contribution < 1.29 is 27.5 Å². The molecule has 3 amide bonds. The van der Waals surface area contributed by atoms with Gasteiger partial charge in [0.1, 0.15) is 24.1 Å². The summed E-state index contributed by atoms with van der Waals surface area (Å²) in [7, 11) is 1.69. The molecule has 182 valence electrons. The highest BCUT2D eigenvalue weighted by atomic mass is 19.1. The number of nitrogens with zero attached hydrogens (tertiary/aromatic N) is 2. The lowest BCUT2D eigenvalue weighted by atomic mass is 9.84. The Bertz CT molecular complexity index is 1090. The predicted octanol–water partition coefficient (Wildman–Crippen LogP) is 3.73. The molecule has 2 fully saturated rings. The lowest BCUT2D eigenvalue weighted by Gasteiger charge is -2.42. The SMILES string of the molecule is CCN(C)C(=O)N1[C@H](C)C[C@@]2(COCC(=O)N2)[C@@H]1Cc1cccc(-c2cc(F)cc(F)c2)c1F. The van der Waals surface area contributed by atoms with Gasteiger partial charge >= 0.3 is 6.03 Å². The summed E-state index contributed by atoms with van der Waals surface area (Å²) < 4.78 is 48.8. The van der Waals surface area contributed by atoms with Gasteiger partial charge in [-0.2, -0.15) is 0 Å². The van der Waals surface area contributed by atoms with E-state index in [4.69, 9.17) is 4.74 Å². The Morgan fingerprint density at radius 2 is 1.94 bits per heavy atom. The Kier molecular flexibility index (Phi) is 6.58. The number of morpholine rings is 1. The molecule has 1 N–H and O–H groups in total. The quantitative estimate of drug-likeness (QED) is 0.733. The van der Waals surface area contributed by atoms with E-state index < -0.39 is 29.0 Å². The van der Waals surface area contributed by atoms with E-state index in [1.54, 1.807) is 29.0 Å². The first-order valence-electron chi connectivity index (χ1n) is 11.3. The van der Waals surface area contributed by atoms with E-state index >= 15 is 4.39 Å². The maximum absolute atomic E-state index is 15.7. The Hall–Kier alpha value is -3.07. The van der Waals surface area contributed by atoms with E-state index in [2.05, 4.69) is 5.32 Å². The van der Waals surface area contributed by atoms with Crippen LogP contribution in [0, 0.1) is 17.5 Å². The molecule has 0 aliphatic carbocycles. The van der Waals surface area contributed by atoms with Crippen LogP contribution in [0.25, 0.3) is 11.1 Å². The summed E-state index contributed by atoms with van der Waals surface area (Å²) in [6.07, 6.45) is 0.553. The number of hydrogen-bond acceptors (Lipinski definition) is 3. The summed E-state index contributed by atoms with van der Waals surface area (Å²) >= 11 is 0. The van der Waals surface area contributed by atoms with Gasteiger partial charge in [0.15, 0.2) is 0 Å². The molecule has 0 saturated carbocycles. The van der Waals surface area contributed by atoms with Crippen LogP contribution < -0.4 is 5.32 Å². The molecule has 2 aliphatic rings. The van der Waals surface area contributed by atoms with Crippen LogP contribution >= 0.6 is 0 Å². The highest BCUT2D eigenvalue weighted by Gasteiger charge is 2.55. The van der Waals surface area contributed by atoms with Gasteiger partial charge in [-0.25, -0.2) is 18.0 Å². The van der Waals surface area contributed by atoms with Crippen LogP contribution in [0.1, 0.15) is 25.8 Å². The lowest BCUT2D eigenvalue weighted by molar-refractivity contribution is -0.136. The molecule has 0 unspecified atom stereocenters. The number of nitrogens with one attached hydrogen (secondary N) is 1. The topological polar surface area (TPSA) is 61.9 Å². The molecule has 1 spiro atoms. The van der Waals surface area contributed by atoms with Crippen LogP contribution in [-0.2, 0) is 16.0 Å². The average Bonchev–Trinajstić information content (AvgIpc) is 3.03. The second-order valence-electron chi connectivity index (χ2n) is 9.11. The molecule has 2 aromatic carbocycles. The van der Waals surface area contributed by atoms with E-state index in [0.717, 1.165) is 18.2 Å². The predicted molar refractivity (Wildman–Crippen MR) is 121 cm³/mol. The molecule has 2 aromatic rings. The molecule has 6 nitrogen and oxygen atoms in total. The summed E-state index contributed by atoms with van der Waals surface area (Å²) in [6, 6.07) is 6.51. The van der Waals surface area contributed by atoms with Crippen molar-refractivity contribution in [3.63, 3.8) is 0 Å². The lowest BCUT2D eigenvalue weighted by Crippen LogP contribution is -2.64. The van der Waals surface area contributed by atoms with Crippen molar-refractivity contribution in [1.29, 1.82) is 0 Å². The zero-order valence-electron chi connectivity index (χ0n) is 19.4. The fourth-order valence-corrected chi connectivity index (χ4v) is 5.13. The fourth-order valence-electron chi connectivity index (χ4n) is 5.13. The number of urea groups is 1. The number of carbonyl (C=O) groups excluding carboxylic acids is 2. The molecule has 2 aliphatic heterocycles. The molecule has 0 radical (unpaired) electrons. The van der Waals surface area contributed by atoms with E-state index in [1.165, 1.54) is 6.07 Å². The minimum Gasteiger partial charge on any atom is -0.369 e. The maximum atomic E-state index is 15.7. The Balaban J connectivity index is 1.75. The molecular weight excluding hydrogens is 447 g/mol. The van der Waals surface area contributed by atoms with Crippen molar-refractivity contribution in [3.05, 3.63) is 59.4 Å². The summed E-state index contributed by atoms with van der Waals surface area (Å²) in [5, 5.41) is 3.02. The van der Waals surface area contributed by atoms with Gasteiger partial charge in [0.25, 0.3) is 0 Å². The van der Waals surface area contributed by atoms with E-state index in [1.807, 2.05) is 13.8 Å². The normalized spacial score (nSPS) is 24.4. The Morgan fingerprint density at radius 1 is 1.24 bits per heavy atom. The molecule has 3 atom stereocenters. The minimum atomic E-state index is -0.869. The van der Waals surface area contributed by atoms with Crippen molar-refractivity contribution >= 4 is 11.9 Å². The summed E-state index contributed by atoms with van der Waals surface area (Å²) in [5.74, 6) is -2.51. The van der Waals surface area contributed by atoms with E-state index in [-0.39, 0.29) is 54.3 Å². The largest absolute Gasteiger partial charge is 0.369 e. The summed E-state index contributed by atoms with van der Waals surface area (Å²) in [5.41, 5.74) is -0.452. The van der Waals surface area contributed by atoms with Crippen molar-refractivity contribution in [2.45, 2.75) is 44.3 Å². The zero-order chi connectivity index (χ0) is 24.6. The number of rotatable bonds is 4. The number of ether oxygens (including phenoxy) is 1. The smallest absolute Gasteiger partial charge is 0.320 e. The van der Waals surface area contributed by atoms with Crippen molar-refractivity contribution in [1.82, 2.24) is 15.1 Å². The van der Waals surface area contributed by atoms with Gasteiger partial charge in [-0.15, -0.1) is 0 Å². The van der Waals surface area contributed by atoms with Gasteiger partial charge in [-0.3, -0.25) is 4.79 Å². The molecule has 2 saturated heterocycles. The van der Waals surface area contributed by atoms with E-state index in [9.17, 15) is 18.4 Å². The standard InChI is InChI=1S/C25H28F3N3O3/c1-4-30(3)24(33)31-15(2)12-25(14-34-13-22(32)29-25)21(31)10-16-6-5-7-20(23(16)28)17-8-18(26)11-19(27)9-17/h5-9,11,15,21H,4,10,12-14H2,1-3H3,(H,29,32)/t15-,21+,25-/m1/s1. The third kappa shape index (κ3) is 4.36. The molecule has 2 heterocycles. The van der Waals surface area contributed by atoms with Gasteiger partial charge < -0.3 is 19.9 Å². The van der Waals surface area contributed by atoms with Crippen LogP contribution in [0.5, 0.6) is 0 Å². The second kappa shape index (κ2) is 9.29. The first-order chi connectivity index (χ1) is 16.1. The average molecular weight is 476 g/mol. The molecule has 0 aromatic heterocycles. The van der Waals surface area contributed by atoms with Gasteiger partial charge in [-0.1, -0.05) is 18.2 Å². The van der Waals surface area contributed by atoms with Gasteiger partial charge in [0.05, 0.1) is 18.2 Å². The molecule has 4 rings (SSSR count). The van der Waals surface area contributed by atoms with Crippen molar-refractivity contribution in [2.75, 3.05) is 26.8 Å². The molecule has 34 heavy (non-hydrogen) atoms. The Morgan fingerprint density at radius 3 is 2.59 bits per heavy atom. The number of carbonyl (C=O) groups is 2. The van der Waals surface area contributed by atoms with Crippen LogP contribution in [0.2, 0.25) is 0 Å². The maximum Gasteiger partial charge on any atom is 0.320 e. The van der Waals surface area contributed by atoms with Gasteiger partial charge in [0.2, 0.25) is 5.91 Å². The summed E-state index contributed by atoms with van der Waals surface area (Å²) in [4.78, 5) is 28.8. The Labute approximate surface area is 196 Å². The van der Waals surface area contributed by atoms with E-state index in [0.29, 0.717) is 13.0 Å². The number of halogens is 3. The summed E-state index contributed by atoms with van der Waals surface area (Å²) in [6.45, 7) is 4.37. The minimum absolute atomic E-state index is 0.0588. The number of likely N-dealkylation sites (tertiary alicyclic amines) is 1. The second-order valence-corrected chi connectivity index (χ2v) is 9.11. The number of hydrogen-bond donors (Lipinski definition) is 1. The molecule has 0 bridgehead atoms. The van der Waals surface area contributed by atoms with Crippen molar-refractivity contribution in [2.24, 2.45) is 0 Å². The zero-order valence-corrected chi connectivity index (χ0v) is 19.4. The van der Waals surface area contributed by atoms with Gasteiger partial charge in [0, 0.05) is 31.3 Å².